The highest BCUT2D eigenvalue weighted by Crippen LogP contribution is 2.22. The topological polar surface area (TPSA) is 48.8 Å². The Morgan fingerprint density at radius 1 is 1.12 bits per heavy atom. The number of nitrogens with zero attached hydrogens (tertiary/aromatic N) is 1. The van der Waals surface area contributed by atoms with Gasteiger partial charge in [0.2, 0.25) is 0 Å². The Morgan fingerprint density at radius 2 is 1.92 bits per heavy atom. The SMILES string of the molecule is COc1ccc([C@@H]2CCCCC[NH+]2Cn2c(=O)oc3ccccc32)cc1. The molecule has 0 amide bonds. The summed E-state index contributed by atoms with van der Waals surface area (Å²) in [5.41, 5.74) is 2.85. The molecule has 1 aliphatic heterocycles. The van der Waals surface area contributed by atoms with Crippen LogP contribution in [0.2, 0.25) is 0 Å². The fourth-order valence-electron chi connectivity index (χ4n) is 4.05. The standard InChI is InChI=1S/C21H24N2O3/c1-25-17-12-10-16(11-13-17)18-7-3-2-6-14-22(18)15-23-19-8-4-5-9-20(19)26-21(23)24/h4-5,8-13,18H,2-3,6-7,14-15H2,1H3/p+1/t18-/m0/s1. The fourth-order valence-corrected chi connectivity index (χ4v) is 4.05. The van der Waals surface area contributed by atoms with E-state index in [-0.39, 0.29) is 5.76 Å². The zero-order chi connectivity index (χ0) is 17.9. The number of hydrogen-bond donors (Lipinski definition) is 1. The number of aromatic nitrogens is 1. The van der Waals surface area contributed by atoms with Crippen LogP contribution in [0.5, 0.6) is 5.75 Å². The van der Waals surface area contributed by atoms with E-state index < -0.39 is 0 Å². The van der Waals surface area contributed by atoms with Crippen LogP contribution < -0.4 is 15.4 Å². The number of ether oxygens (including phenoxy) is 1. The van der Waals surface area contributed by atoms with Crippen molar-refractivity contribution >= 4 is 11.1 Å². The summed E-state index contributed by atoms with van der Waals surface area (Å²) in [5.74, 6) is 0.609. The van der Waals surface area contributed by atoms with Gasteiger partial charge >= 0.3 is 5.76 Å². The van der Waals surface area contributed by atoms with Crippen LogP contribution in [-0.2, 0) is 6.67 Å². The molecule has 0 radical (unpaired) electrons. The maximum Gasteiger partial charge on any atom is 0.424 e. The number of likely N-dealkylation sites (tertiary alicyclic amines) is 1. The molecule has 1 aromatic heterocycles. The van der Waals surface area contributed by atoms with Crippen molar-refractivity contribution in [3.63, 3.8) is 0 Å². The van der Waals surface area contributed by atoms with Crippen molar-refractivity contribution in [3.05, 3.63) is 64.6 Å². The maximum absolute atomic E-state index is 12.4. The second-order valence-corrected chi connectivity index (χ2v) is 7.01. The van der Waals surface area contributed by atoms with Gasteiger partial charge in [-0.3, -0.25) is 0 Å². The summed E-state index contributed by atoms with van der Waals surface area (Å²) in [6.45, 7) is 1.69. The van der Waals surface area contributed by atoms with Crippen LogP contribution in [-0.4, -0.2) is 18.2 Å². The monoisotopic (exact) mass is 353 g/mol. The van der Waals surface area contributed by atoms with Gasteiger partial charge in [0, 0.05) is 12.0 Å². The number of benzene rings is 2. The van der Waals surface area contributed by atoms with E-state index in [9.17, 15) is 4.79 Å². The van der Waals surface area contributed by atoms with E-state index in [2.05, 4.69) is 12.1 Å². The van der Waals surface area contributed by atoms with Crippen molar-refractivity contribution in [3.8, 4) is 5.75 Å². The molecule has 3 aromatic rings. The number of methoxy groups -OCH3 is 1. The van der Waals surface area contributed by atoms with Crippen molar-refractivity contribution in [2.24, 2.45) is 0 Å². The van der Waals surface area contributed by atoms with Crippen molar-refractivity contribution in [1.29, 1.82) is 0 Å². The van der Waals surface area contributed by atoms with E-state index in [0.29, 0.717) is 18.3 Å². The van der Waals surface area contributed by atoms with Gasteiger partial charge in [-0.05, 0) is 55.7 Å². The third-order valence-corrected chi connectivity index (χ3v) is 5.44. The van der Waals surface area contributed by atoms with Crippen molar-refractivity contribution in [2.45, 2.75) is 38.4 Å². The van der Waals surface area contributed by atoms with Gasteiger partial charge in [0.15, 0.2) is 12.3 Å². The first kappa shape index (κ1) is 16.9. The first-order valence-corrected chi connectivity index (χ1v) is 9.33. The van der Waals surface area contributed by atoms with E-state index in [1.807, 2.05) is 36.4 Å². The molecule has 1 fully saturated rings. The molecule has 136 valence electrons. The number of rotatable bonds is 4. The molecule has 0 bridgehead atoms. The van der Waals surface area contributed by atoms with E-state index in [1.165, 1.54) is 29.7 Å². The quantitative estimate of drug-likeness (QED) is 0.785. The molecular weight excluding hydrogens is 328 g/mol. The predicted molar refractivity (Wildman–Crippen MR) is 101 cm³/mol. The highest BCUT2D eigenvalue weighted by molar-refractivity contribution is 5.72. The van der Waals surface area contributed by atoms with Gasteiger partial charge in [-0.1, -0.05) is 12.1 Å². The van der Waals surface area contributed by atoms with Gasteiger partial charge < -0.3 is 14.1 Å². The van der Waals surface area contributed by atoms with Gasteiger partial charge in [0.05, 0.1) is 19.2 Å². The summed E-state index contributed by atoms with van der Waals surface area (Å²) in [7, 11) is 1.69. The number of nitrogens with one attached hydrogen (secondary N) is 1. The number of quaternary nitrogens is 1. The number of oxazole rings is 1. The molecule has 1 N–H and O–H groups in total. The fraction of sp³-hybridized carbons (Fsp3) is 0.381. The Labute approximate surface area is 152 Å². The molecule has 2 aromatic carbocycles. The van der Waals surface area contributed by atoms with Crippen LogP contribution in [0.15, 0.2) is 57.7 Å². The second kappa shape index (κ2) is 7.38. The molecule has 0 saturated carbocycles. The highest BCUT2D eigenvalue weighted by atomic mass is 16.5. The molecular formula is C21H25N2O3+. The first-order valence-electron chi connectivity index (χ1n) is 9.33. The summed E-state index contributed by atoms with van der Waals surface area (Å²) in [6.07, 6.45) is 4.79. The molecule has 5 nitrogen and oxygen atoms in total. The molecule has 0 aliphatic carbocycles. The molecule has 26 heavy (non-hydrogen) atoms. The number of para-hydroxylation sites is 2. The molecule has 1 saturated heterocycles. The lowest BCUT2D eigenvalue weighted by Crippen LogP contribution is -3.11. The predicted octanol–water partition coefficient (Wildman–Crippen LogP) is 2.76. The van der Waals surface area contributed by atoms with Crippen molar-refractivity contribution in [2.75, 3.05) is 13.7 Å². The molecule has 4 rings (SSSR count). The molecule has 0 spiro atoms. The summed E-state index contributed by atoms with van der Waals surface area (Å²) in [4.78, 5) is 13.8. The lowest BCUT2D eigenvalue weighted by molar-refractivity contribution is -0.952. The summed E-state index contributed by atoms with van der Waals surface area (Å²) in [5, 5.41) is 0. The lowest BCUT2D eigenvalue weighted by atomic mass is 10.0. The van der Waals surface area contributed by atoms with E-state index >= 15 is 0 Å². The second-order valence-electron chi connectivity index (χ2n) is 7.01. The summed E-state index contributed by atoms with van der Waals surface area (Å²) < 4.78 is 12.5. The Bertz CT molecular complexity index is 926. The minimum absolute atomic E-state index is 0.267. The molecule has 2 atom stereocenters. The van der Waals surface area contributed by atoms with Crippen LogP contribution in [0.25, 0.3) is 11.1 Å². The van der Waals surface area contributed by atoms with Gasteiger partial charge in [0.25, 0.3) is 0 Å². The van der Waals surface area contributed by atoms with Crippen LogP contribution in [0.1, 0.15) is 37.3 Å². The van der Waals surface area contributed by atoms with E-state index in [1.54, 1.807) is 11.7 Å². The smallest absolute Gasteiger partial charge is 0.424 e. The van der Waals surface area contributed by atoms with Gasteiger partial charge in [0.1, 0.15) is 11.8 Å². The van der Waals surface area contributed by atoms with Crippen LogP contribution in [0.3, 0.4) is 0 Å². The largest absolute Gasteiger partial charge is 0.497 e. The minimum atomic E-state index is -0.267. The lowest BCUT2D eigenvalue weighted by Gasteiger charge is -2.27. The van der Waals surface area contributed by atoms with E-state index in [0.717, 1.165) is 24.2 Å². The Hall–Kier alpha value is -2.53. The van der Waals surface area contributed by atoms with Crippen LogP contribution in [0.4, 0.5) is 0 Å². The van der Waals surface area contributed by atoms with Crippen molar-refractivity contribution in [1.82, 2.24) is 4.57 Å². The summed E-state index contributed by atoms with van der Waals surface area (Å²) in [6, 6.07) is 16.4. The molecule has 1 aliphatic rings. The first-order chi connectivity index (χ1) is 12.8. The third-order valence-electron chi connectivity index (χ3n) is 5.44. The van der Waals surface area contributed by atoms with Gasteiger partial charge in [-0.15, -0.1) is 0 Å². The maximum atomic E-state index is 12.4. The van der Waals surface area contributed by atoms with Crippen LogP contribution >= 0.6 is 0 Å². The van der Waals surface area contributed by atoms with Gasteiger partial charge in [-0.25, -0.2) is 9.36 Å². The average molecular weight is 353 g/mol. The normalized spacial score (nSPS) is 20.8. The minimum Gasteiger partial charge on any atom is -0.497 e. The third kappa shape index (κ3) is 3.27. The zero-order valence-corrected chi connectivity index (χ0v) is 15.1. The molecule has 2 heterocycles. The summed E-state index contributed by atoms with van der Waals surface area (Å²) >= 11 is 0. The van der Waals surface area contributed by atoms with Crippen LogP contribution in [0, 0.1) is 0 Å². The zero-order valence-electron chi connectivity index (χ0n) is 15.1. The van der Waals surface area contributed by atoms with E-state index in [4.69, 9.17) is 9.15 Å². The number of fused-ring (bicyclic) bond motifs is 1. The Kier molecular flexibility index (Phi) is 4.80. The average Bonchev–Trinajstić information content (AvgIpc) is 2.83. The van der Waals surface area contributed by atoms with Crippen molar-refractivity contribution < 1.29 is 14.1 Å². The number of hydrogen-bond acceptors (Lipinski definition) is 3. The highest BCUT2D eigenvalue weighted by Gasteiger charge is 2.27. The Morgan fingerprint density at radius 3 is 2.73 bits per heavy atom. The van der Waals surface area contributed by atoms with Gasteiger partial charge in [-0.2, -0.15) is 0 Å². The molecule has 1 unspecified atom stereocenters. The molecule has 5 heteroatoms. The Balaban J connectivity index is 1.66.